The maximum absolute atomic E-state index is 12.8. The molecule has 0 aromatic heterocycles. The zero-order chi connectivity index (χ0) is 15.3. The molecular formula is C16H22N2O2S. The molecule has 1 aliphatic rings. The Morgan fingerprint density at radius 2 is 2.00 bits per heavy atom. The third-order valence-corrected chi connectivity index (χ3v) is 4.56. The van der Waals surface area contributed by atoms with E-state index in [1.54, 1.807) is 0 Å². The summed E-state index contributed by atoms with van der Waals surface area (Å²) in [6, 6.07) is 9.93. The normalized spacial score (nSPS) is 18.7. The molecular weight excluding hydrogens is 284 g/mol. The predicted molar refractivity (Wildman–Crippen MR) is 86.9 cm³/mol. The first-order chi connectivity index (χ1) is 10.1. The number of nitrogens with one attached hydrogen (secondary N) is 1. The third-order valence-electron chi connectivity index (χ3n) is 4.17. The number of ether oxygens (including phenoxy) is 1. The van der Waals surface area contributed by atoms with E-state index in [1.165, 1.54) is 0 Å². The first kappa shape index (κ1) is 15.9. The minimum absolute atomic E-state index is 0.0206. The highest BCUT2D eigenvalue weighted by Gasteiger charge is 2.43. The van der Waals surface area contributed by atoms with Gasteiger partial charge in [0.05, 0.1) is 11.0 Å². The fourth-order valence-corrected chi connectivity index (χ4v) is 3.00. The molecule has 0 spiro atoms. The number of hydrogen-bond acceptors (Lipinski definition) is 3. The molecule has 1 atom stereocenters. The average molecular weight is 306 g/mol. The van der Waals surface area contributed by atoms with Crippen molar-refractivity contribution in [2.45, 2.75) is 32.2 Å². The molecule has 1 fully saturated rings. The Labute approximate surface area is 131 Å². The topological polar surface area (TPSA) is 64.4 Å². The molecule has 21 heavy (non-hydrogen) atoms. The zero-order valence-electron chi connectivity index (χ0n) is 12.3. The fraction of sp³-hybridized carbons (Fsp3) is 0.500. The minimum atomic E-state index is -0.768. The highest BCUT2D eigenvalue weighted by molar-refractivity contribution is 7.80. The number of benzene rings is 1. The van der Waals surface area contributed by atoms with Crippen molar-refractivity contribution in [2.75, 3.05) is 13.2 Å². The lowest BCUT2D eigenvalue weighted by molar-refractivity contribution is -0.132. The number of rotatable bonds is 5. The van der Waals surface area contributed by atoms with Gasteiger partial charge in [-0.3, -0.25) is 4.79 Å². The van der Waals surface area contributed by atoms with E-state index in [-0.39, 0.29) is 16.9 Å². The Hall–Kier alpha value is -1.46. The fourth-order valence-electron chi connectivity index (χ4n) is 2.71. The first-order valence-electron chi connectivity index (χ1n) is 7.33. The van der Waals surface area contributed by atoms with Crippen LogP contribution in [0, 0.1) is 5.41 Å². The molecule has 1 amide bonds. The van der Waals surface area contributed by atoms with Gasteiger partial charge in [-0.15, -0.1) is 0 Å². The molecule has 1 saturated heterocycles. The first-order valence-corrected chi connectivity index (χ1v) is 7.74. The van der Waals surface area contributed by atoms with E-state index in [2.05, 4.69) is 12.2 Å². The summed E-state index contributed by atoms with van der Waals surface area (Å²) < 4.78 is 5.35. The van der Waals surface area contributed by atoms with Crippen LogP contribution in [0.3, 0.4) is 0 Å². The number of hydrogen-bond donors (Lipinski definition) is 2. The lowest BCUT2D eigenvalue weighted by Gasteiger charge is -2.36. The molecule has 0 radical (unpaired) electrons. The van der Waals surface area contributed by atoms with Crippen molar-refractivity contribution >= 4 is 23.1 Å². The Morgan fingerprint density at radius 1 is 1.38 bits per heavy atom. The van der Waals surface area contributed by atoms with Crippen molar-refractivity contribution < 1.29 is 9.53 Å². The Kier molecular flexibility index (Phi) is 5.31. The molecule has 114 valence electrons. The van der Waals surface area contributed by atoms with Gasteiger partial charge in [0.2, 0.25) is 5.91 Å². The van der Waals surface area contributed by atoms with Crippen LogP contribution in [0.15, 0.2) is 30.3 Å². The summed E-state index contributed by atoms with van der Waals surface area (Å²) in [6.07, 6.45) is 1.93. The molecule has 0 bridgehead atoms. The maximum Gasteiger partial charge on any atom is 0.233 e. The van der Waals surface area contributed by atoms with Crippen molar-refractivity contribution in [3.05, 3.63) is 35.9 Å². The summed E-state index contributed by atoms with van der Waals surface area (Å²) in [5.41, 5.74) is 6.20. The van der Waals surface area contributed by atoms with E-state index in [0.29, 0.717) is 26.1 Å². The number of nitrogens with two attached hydrogens (primary N) is 1. The second-order valence-corrected chi connectivity index (χ2v) is 5.84. The molecule has 1 heterocycles. The van der Waals surface area contributed by atoms with Gasteiger partial charge in [0.15, 0.2) is 0 Å². The smallest absolute Gasteiger partial charge is 0.233 e. The Morgan fingerprint density at radius 3 is 2.52 bits per heavy atom. The number of carbonyl (C=O) groups excluding carboxylic acids is 1. The van der Waals surface area contributed by atoms with Crippen LogP contribution in [-0.2, 0) is 9.53 Å². The van der Waals surface area contributed by atoms with Crippen molar-refractivity contribution in [2.24, 2.45) is 11.1 Å². The van der Waals surface area contributed by atoms with Gasteiger partial charge >= 0.3 is 0 Å². The standard InChI is InChI=1S/C16H22N2O2S/c1-2-13(12-6-4-3-5-7-12)18-15(19)16(14(17)21)8-10-20-11-9-16/h3-7,13H,2,8-11H2,1H3,(H2,17,21)(H,18,19). The summed E-state index contributed by atoms with van der Waals surface area (Å²) in [6.45, 7) is 3.09. The van der Waals surface area contributed by atoms with Crippen LogP contribution < -0.4 is 11.1 Å². The van der Waals surface area contributed by atoms with Crippen molar-refractivity contribution in [1.82, 2.24) is 5.32 Å². The summed E-state index contributed by atoms with van der Waals surface area (Å²) in [5, 5.41) is 3.11. The van der Waals surface area contributed by atoms with E-state index < -0.39 is 5.41 Å². The van der Waals surface area contributed by atoms with Crippen LogP contribution in [-0.4, -0.2) is 24.1 Å². The van der Waals surface area contributed by atoms with Gasteiger partial charge in [-0.1, -0.05) is 49.5 Å². The molecule has 2 rings (SSSR count). The summed E-state index contributed by atoms with van der Waals surface area (Å²) in [4.78, 5) is 13.0. The van der Waals surface area contributed by atoms with Crippen LogP contribution in [0.25, 0.3) is 0 Å². The van der Waals surface area contributed by atoms with Gasteiger partial charge in [0, 0.05) is 13.2 Å². The van der Waals surface area contributed by atoms with Crippen LogP contribution in [0.4, 0.5) is 0 Å². The van der Waals surface area contributed by atoms with Crippen molar-refractivity contribution in [3.63, 3.8) is 0 Å². The quantitative estimate of drug-likeness (QED) is 0.820. The SMILES string of the molecule is CCC(NC(=O)C1(C(N)=S)CCOCC1)c1ccccc1. The molecule has 1 aromatic rings. The van der Waals surface area contributed by atoms with E-state index >= 15 is 0 Å². The van der Waals surface area contributed by atoms with E-state index in [1.807, 2.05) is 30.3 Å². The average Bonchev–Trinajstić information content (AvgIpc) is 2.53. The lowest BCUT2D eigenvalue weighted by atomic mass is 9.79. The van der Waals surface area contributed by atoms with Crippen LogP contribution in [0.2, 0.25) is 0 Å². The number of thiocarbonyl (C=S) groups is 1. The van der Waals surface area contributed by atoms with Gasteiger partial charge in [0.25, 0.3) is 0 Å². The largest absolute Gasteiger partial charge is 0.392 e. The van der Waals surface area contributed by atoms with Gasteiger partial charge in [-0.05, 0) is 24.8 Å². The molecule has 0 aliphatic carbocycles. The van der Waals surface area contributed by atoms with Gasteiger partial charge < -0.3 is 15.8 Å². The zero-order valence-corrected chi connectivity index (χ0v) is 13.1. The highest BCUT2D eigenvalue weighted by atomic mass is 32.1. The van der Waals surface area contributed by atoms with Gasteiger partial charge in [0.1, 0.15) is 5.41 Å². The molecule has 3 N–H and O–H groups in total. The van der Waals surface area contributed by atoms with Crippen molar-refractivity contribution in [1.29, 1.82) is 0 Å². The summed E-state index contributed by atoms with van der Waals surface area (Å²) in [7, 11) is 0. The molecule has 5 heteroatoms. The molecule has 1 aromatic carbocycles. The second kappa shape index (κ2) is 7.00. The summed E-state index contributed by atoms with van der Waals surface area (Å²) >= 11 is 5.17. The molecule has 1 unspecified atom stereocenters. The second-order valence-electron chi connectivity index (χ2n) is 5.40. The van der Waals surface area contributed by atoms with Gasteiger partial charge in [-0.2, -0.15) is 0 Å². The minimum Gasteiger partial charge on any atom is -0.392 e. The van der Waals surface area contributed by atoms with Crippen molar-refractivity contribution in [3.8, 4) is 0 Å². The summed E-state index contributed by atoms with van der Waals surface area (Å²) in [5.74, 6) is -0.0750. The Bertz CT molecular complexity index is 498. The predicted octanol–water partition coefficient (Wildman–Crippen LogP) is 2.34. The monoisotopic (exact) mass is 306 g/mol. The number of amides is 1. The molecule has 4 nitrogen and oxygen atoms in total. The van der Waals surface area contributed by atoms with E-state index in [4.69, 9.17) is 22.7 Å². The third kappa shape index (κ3) is 3.41. The lowest BCUT2D eigenvalue weighted by Crippen LogP contribution is -2.52. The molecule has 1 aliphatic heterocycles. The Balaban J connectivity index is 2.16. The van der Waals surface area contributed by atoms with E-state index in [9.17, 15) is 4.79 Å². The highest BCUT2D eigenvalue weighted by Crippen LogP contribution is 2.32. The van der Waals surface area contributed by atoms with Crippen LogP contribution >= 0.6 is 12.2 Å². The number of carbonyl (C=O) groups is 1. The van der Waals surface area contributed by atoms with Gasteiger partial charge in [-0.25, -0.2) is 0 Å². The molecule has 0 saturated carbocycles. The maximum atomic E-state index is 12.8. The van der Waals surface area contributed by atoms with Crippen LogP contribution in [0.1, 0.15) is 37.8 Å². The van der Waals surface area contributed by atoms with Crippen LogP contribution in [0.5, 0.6) is 0 Å². The van der Waals surface area contributed by atoms with E-state index in [0.717, 1.165) is 12.0 Å².